The standard InChI is InChI=1S/C12H7BrF3N/c13-11-4-3-9(12(14,15)16)6-10(11)8-2-1-5-17-7-8/h1-7H. The molecule has 0 atom stereocenters. The highest BCUT2D eigenvalue weighted by Crippen LogP contribution is 2.35. The van der Waals surface area contributed by atoms with Gasteiger partial charge in [0.05, 0.1) is 5.56 Å². The van der Waals surface area contributed by atoms with Crippen LogP contribution in [-0.2, 0) is 6.18 Å². The zero-order valence-corrected chi connectivity index (χ0v) is 10.1. The molecule has 0 radical (unpaired) electrons. The molecule has 0 unspecified atom stereocenters. The van der Waals surface area contributed by atoms with E-state index in [4.69, 9.17) is 0 Å². The van der Waals surface area contributed by atoms with Gasteiger partial charge in [-0.1, -0.05) is 22.0 Å². The van der Waals surface area contributed by atoms with Gasteiger partial charge in [0.25, 0.3) is 0 Å². The smallest absolute Gasteiger partial charge is 0.264 e. The van der Waals surface area contributed by atoms with Gasteiger partial charge in [0.2, 0.25) is 0 Å². The van der Waals surface area contributed by atoms with E-state index in [-0.39, 0.29) is 0 Å². The minimum atomic E-state index is -4.34. The van der Waals surface area contributed by atoms with E-state index in [1.54, 1.807) is 18.3 Å². The second kappa shape index (κ2) is 4.49. The highest BCUT2D eigenvalue weighted by atomic mass is 79.9. The number of alkyl halides is 3. The Balaban J connectivity index is 2.55. The molecule has 0 N–H and O–H groups in total. The summed E-state index contributed by atoms with van der Waals surface area (Å²) >= 11 is 3.24. The molecule has 2 aromatic rings. The Hall–Kier alpha value is -1.36. The van der Waals surface area contributed by atoms with Crippen molar-refractivity contribution in [3.63, 3.8) is 0 Å². The highest BCUT2D eigenvalue weighted by Gasteiger charge is 2.30. The average Bonchev–Trinajstić information content (AvgIpc) is 2.29. The van der Waals surface area contributed by atoms with E-state index in [0.29, 0.717) is 15.6 Å². The number of rotatable bonds is 1. The van der Waals surface area contributed by atoms with Crippen molar-refractivity contribution in [2.75, 3.05) is 0 Å². The SMILES string of the molecule is FC(F)(F)c1ccc(Br)c(-c2cccnc2)c1. The quantitative estimate of drug-likeness (QED) is 0.754. The van der Waals surface area contributed by atoms with Crippen LogP contribution in [0.3, 0.4) is 0 Å². The third kappa shape index (κ3) is 2.66. The van der Waals surface area contributed by atoms with Crippen molar-refractivity contribution < 1.29 is 13.2 Å². The predicted octanol–water partition coefficient (Wildman–Crippen LogP) is 4.53. The minimum absolute atomic E-state index is 0.480. The van der Waals surface area contributed by atoms with Crippen molar-refractivity contribution in [2.24, 2.45) is 0 Å². The molecular formula is C12H7BrF3N. The average molecular weight is 302 g/mol. The second-order valence-corrected chi connectivity index (χ2v) is 4.29. The molecule has 0 aliphatic heterocycles. The molecule has 0 spiro atoms. The van der Waals surface area contributed by atoms with Crippen LogP contribution >= 0.6 is 15.9 Å². The molecule has 2 rings (SSSR count). The first kappa shape index (κ1) is 12.1. The largest absolute Gasteiger partial charge is 0.416 e. The molecule has 0 bridgehead atoms. The van der Waals surface area contributed by atoms with Gasteiger partial charge in [-0.2, -0.15) is 13.2 Å². The van der Waals surface area contributed by atoms with Crippen LogP contribution in [-0.4, -0.2) is 4.98 Å². The summed E-state index contributed by atoms with van der Waals surface area (Å²) in [6.07, 6.45) is -1.23. The van der Waals surface area contributed by atoms with E-state index in [1.165, 1.54) is 12.3 Å². The van der Waals surface area contributed by atoms with Gasteiger partial charge < -0.3 is 0 Å². The van der Waals surface area contributed by atoms with Gasteiger partial charge in [0.15, 0.2) is 0 Å². The van der Waals surface area contributed by atoms with Crippen molar-refractivity contribution in [1.29, 1.82) is 0 Å². The van der Waals surface area contributed by atoms with E-state index in [0.717, 1.165) is 12.1 Å². The number of benzene rings is 1. The number of hydrogen-bond acceptors (Lipinski definition) is 1. The van der Waals surface area contributed by atoms with Crippen LogP contribution < -0.4 is 0 Å². The summed E-state index contributed by atoms with van der Waals surface area (Å²) in [6.45, 7) is 0. The maximum atomic E-state index is 12.6. The van der Waals surface area contributed by atoms with Gasteiger partial charge >= 0.3 is 6.18 Å². The molecule has 88 valence electrons. The number of aromatic nitrogens is 1. The monoisotopic (exact) mass is 301 g/mol. The lowest BCUT2D eigenvalue weighted by Gasteiger charge is -2.10. The zero-order chi connectivity index (χ0) is 12.5. The molecule has 5 heteroatoms. The fourth-order valence-corrected chi connectivity index (χ4v) is 1.92. The molecule has 0 saturated carbocycles. The maximum Gasteiger partial charge on any atom is 0.416 e. The van der Waals surface area contributed by atoms with Crippen LogP contribution in [0.25, 0.3) is 11.1 Å². The zero-order valence-electron chi connectivity index (χ0n) is 8.50. The maximum absolute atomic E-state index is 12.6. The summed E-state index contributed by atoms with van der Waals surface area (Å²) in [6, 6.07) is 6.95. The van der Waals surface area contributed by atoms with E-state index in [9.17, 15) is 13.2 Å². The van der Waals surface area contributed by atoms with E-state index < -0.39 is 11.7 Å². The minimum Gasteiger partial charge on any atom is -0.264 e. The first-order valence-corrected chi connectivity index (χ1v) is 5.55. The number of halogens is 4. The molecule has 0 aliphatic carbocycles. The Labute approximate surface area is 104 Å². The van der Waals surface area contributed by atoms with Crippen LogP contribution in [0.2, 0.25) is 0 Å². The third-order valence-electron chi connectivity index (χ3n) is 2.27. The van der Waals surface area contributed by atoms with Crippen molar-refractivity contribution in [2.45, 2.75) is 6.18 Å². The predicted molar refractivity (Wildman–Crippen MR) is 62.4 cm³/mol. The van der Waals surface area contributed by atoms with Crippen molar-refractivity contribution in [3.05, 3.63) is 52.8 Å². The molecule has 1 aromatic carbocycles. The Morgan fingerprint density at radius 2 is 1.88 bits per heavy atom. The van der Waals surface area contributed by atoms with Crippen molar-refractivity contribution in [1.82, 2.24) is 4.98 Å². The second-order valence-electron chi connectivity index (χ2n) is 3.43. The molecule has 1 heterocycles. The Morgan fingerprint density at radius 3 is 2.47 bits per heavy atom. The van der Waals surface area contributed by atoms with Crippen LogP contribution in [0.15, 0.2) is 47.2 Å². The molecule has 0 fully saturated rings. The lowest BCUT2D eigenvalue weighted by atomic mass is 10.0. The topological polar surface area (TPSA) is 12.9 Å². The Bertz CT molecular complexity index is 523. The fraction of sp³-hybridized carbons (Fsp3) is 0.0833. The van der Waals surface area contributed by atoms with Crippen LogP contribution in [0.1, 0.15) is 5.56 Å². The summed E-state index contributed by atoms with van der Waals surface area (Å²) in [7, 11) is 0. The van der Waals surface area contributed by atoms with E-state index in [1.807, 2.05) is 0 Å². The van der Waals surface area contributed by atoms with Crippen LogP contribution in [0, 0.1) is 0 Å². The Kier molecular flexibility index (Phi) is 3.19. The molecule has 0 saturated heterocycles. The summed E-state index contributed by atoms with van der Waals surface area (Å²) in [5.74, 6) is 0. The normalized spacial score (nSPS) is 11.5. The first-order valence-electron chi connectivity index (χ1n) is 4.75. The van der Waals surface area contributed by atoms with Crippen LogP contribution in [0.4, 0.5) is 13.2 Å². The van der Waals surface area contributed by atoms with Gasteiger partial charge in [-0.15, -0.1) is 0 Å². The van der Waals surface area contributed by atoms with Gasteiger partial charge in [0, 0.05) is 22.4 Å². The highest BCUT2D eigenvalue weighted by molar-refractivity contribution is 9.10. The van der Waals surface area contributed by atoms with Crippen molar-refractivity contribution >= 4 is 15.9 Å². The summed E-state index contributed by atoms with van der Waals surface area (Å²) in [5.41, 5.74) is 0.456. The lowest BCUT2D eigenvalue weighted by molar-refractivity contribution is -0.137. The van der Waals surface area contributed by atoms with Gasteiger partial charge in [-0.3, -0.25) is 4.98 Å². The molecule has 1 nitrogen and oxygen atoms in total. The molecule has 1 aromatic heterocycles. The summed E-state index contributed by atoms with van der Waals surface area (Å²) < 4.78 is 38.4. The van der Waals surface area contributed by atoms with Gasteiger partial charge in [-0.25, -0.2) is 0 Å². The van der Waals surface area contributed by atoms with Gasteiger partial charge in [0.1, 0.15) is 0 Å². The van der Waals surface area contributed by atoms with E-state index >= 15 is 0 Å². The Morgan fingerprint density at radius 1 is 1.12 bits per heavy atom. The lowest BCUT2D eigenvalue weighted by Crippen LogP contribution is -2.04. The van der Waals surface area contributed by atoms with Gasteiger partial charge in [-0.05, 0) is 29.8 Å². The fourth-order valence-electron chi connectivity index (χ4n) is 1.44. The molecule has 0 amide bonds. The molecular weight excluding hydrogens is 295 g/mol. The number of nitrogens with zero attached hydrogens (tertiary/aromatic N) is 1. The van der Waals surface area contributed by atoms with E-state index in [2.05, 4.69) is 20.9 Å². The summed E-state index contributed by atoms with van der Waals surface area (Å²) in [5, 5.41) is 0. The van der Waals surface area contributed by atoms with Crippen molar-refractivity contribution in [3.8, 4) is 11.1 Å². The number of pyridine rings is 1. The first-order chi connectivity index (χ1) is 7.98. The number of hydrogen-bond donors (Lipinski definition) is 0. The molecule has 17 heavy (non-hydrogen) atoms. The molecule has 0 aliphatic rings. The van der Waals surface area contributed by atoms with Crippen LogP contribution in [0.5, 0.6) is 0 Å². The summed E-state index contributed by atoms with van der Waals surface area (Å²) in [4.78, 5) is 3.89. The third-order valence-corrected chi connectivity index (χ3v) is 2.96.